The zero-order valence-electron chi connectivity index (χ0n) is 6.10. The maximum absolute atomic E-state index is 5.69. The Morgan fingerprint density at radius 1 is 1.44 bits per heavy atom. The lowest BCUT2D eigenvalue weighted by Crippen LogP contribution is -3.00. The van der Waals surface area contributed by atoms with E-state index in [1.807, 2.05) is 0 Å². The first kappa shape index (κ1) is 9.21. The number of hydrogen-bond donors (Lipinski definition) is 1. The largest absolute Gasteiger partial charge is 1.00 e. The van der Waals surface area contributed by atoms with Crippen LogP contribution in [0.4, 0.5) is 0 Å². The van der Waals surface area contributed by atoms with Crippen LogP contribution in [0.1, 0.15) is 13.8 Å². The molecular weight excluding hydrogens is 136 g/mol. The van der Waals surface area contributed by atoms with Crippen molar-refractivity contribution in [1.29, 1.82) is 0 Å². The molecule has 0 saturated carbocycles. The highest BCUT2D eigenvalue weighted by molar-refractivity contribution is 4.64. The fraction of sp³-hybridized carbons (Fsp3) is 1.00. The molecule has 9 heavy (non-hydrogen) atoms. The Morgan fingerprint density at radius 2 is 1.78 bits per heavy atom. The van der Waals surface area contributed by atoms with Crippen molar-refractivity contribution in [3.05, 3.63) is 0 Å². The predicted octanol–water partition coefficient (Wildman–Crippen LogP) is -2.85. The lowest BCUT2D eigenvalue weighted by Gasteiger charge is -2.13. The summed E-state index contributed by atoms with van der Waals surface area (Å²) < 4.78 is 1.15. The van der Waals surface area contributed by atoms with Crippen LogP contribution in [0.5, 0.6) is 0 Å². The summed E-state index contributed by atoms with van der Waals surface area (Å²) in [5.74, 6) is 0. The van der Waals surface area contributed by atoms with Crippen LogP contribution in [0.25, 0.3) is 0 Å². The molecule has 0 aliphatic carbocycles. The molecule has 1 fully saturated rings. The SMILES string of the molecule is CC[N+]1(CC)CC1N.[Cl-]. The predicted molar refractivity (Wildman–Crippen MR) is 34.2 cm³/mol. The van der Waals surface area contributed by atoms with E-state index in [4.69, 9.17) is 5.73 Å². The first-order chi connectivity index (χ1) is 3.75. The topological polar surface area (TPSA) is 26.0 Å². The summed E-state index contributed by atoms with van der Waals surface area (Å²) in [6.07, 6.45) is 0.463. The van der Waals surface area contributed by atoms with E-state index in [-0.39, 0.29) is 12.4 Å². The standard InChI is InChI=1S/C6H15N2.ClH/c1-3-8(4-2)5-6(8)7;/h6H,3-5,7H2,1-2H3;1H/q+1;/p-1. The second kappa shape index (κ2) is 2.86. The number of quaternary nitrogens is 1. The van der Waals surface area contributed by atoms with Gasteiger partial charge in [-0.05, 0) is 13.8 Å². The molecule has 3 heteroatoms. The van der Waals surface area contributed by atoms with Gasteiger partial charge in [-0.15, -0.1) is 0 Å². The Hall–Kier alpha value is 0.210. The molecule has 0 aromatic heterocycles. The monoisotopic (exact) mass is 150 g/mol. The van der Waals surface area contributed by atoms with E-state index in [0.29, 0.717) is 6.17 Å². The van der Waals surface area contributed by atoms with Gasteiger partial charge >= 0.3 is 0 Å². The number of nitrogens with zero attached hydrogens (tertiary/aromatic N) is 1. The summed E-state index contributed by atoms with van der Waals surface area (Å²) in [4.78, 5) is 0. The van der Waals surface area contributed by atoms with E-state index in [2.05, 4.69) is 13.8 Å². The number of halogens is 1. The third kappa shape index (κ3) is 1.37. The molecule has 1 atom stereocenters. The molecule has 0 radical (unpaired) electrons. The third-order valence-corrected chi connectivity index (χ3v) is 2.38. The van der Waals surface area contributed by atoms with Crippen molar-refractivity contribution in [2.24, 2.45) is 5.73 Å². The molecule has 1 unspecified atom stereocenters. The van der Waals surface area contributed by atoms with Gasteiger partial charge in [-0.25, -0.2) is 0 Å². The number of hydrogen-bond acceptors (Lipinski definition) is 1. The van der Waals surface area contributed by atoms with Gasteiger partial charge in [-0.3, -0.25) is 10.2 Å². The molecule has 2 nitrogen and oxygen atoms in total. The van der Waals surface area contributed by atoms with Crippen molar-refractivity contribution in [2.75, 3.05) is 19.6 Å². The van der Waals surface area contributed by atoms with Crippen molar-refractivity contribution >= 4 is 0 Å². The van der Waals surface area contributed by atoms with Crippen LogP contribution < -0.4 is 18.1 Å². The molecule has 1 heterocycles. The fourth-order valence-corrected chi connectivity index (χ4v) is 1.28. The maximum atomic E-state index is 5.69. The van der Waals surface area contributed by atoms with E-state index in [0.717, 1.165) is 4.48 Å². The number of nitrogens with two attached hydrogens (primary N) is 1. The lowest BCUT2D eigenvalue weighted by atomic mass is 10.5. The first-order valence-electron chi connectivity index (χ1n) is 3.36. The van der Waals surface area contributed by atoms with Crippen LogP contribution in [-0.4, -0.2) is 30.3 Å². The number of rotatable bonds is 2. The van der Waals surface area contributed by atoms with Gasteiger partial charge in [0, 0.05) is 0 Å². The molecule has 1 aliphatic heterocycles. The highest BCUT2D eigenvalue weighted by Gasteiger charge is 2.49. The molecule has 0 bridgehead atoms. The van der Waals surface area contributed by atoms with Crippen molar-refractivity contribution in [3.8, 4) is 0 Å². The second-order valence-electron chi connectivity index (χ2n) is 2.60. The van der Waals surface area contributed by atoms with Gasteiger partial charge in [-0.2, -0.15) is 0 Å². The van der Waals surface area contributed by atoms with Gasteiger partial charge < -0.3 is 12.4 Å². The molecule has 0 amide bonds. The van der Waals surface area contributed by atoms with E-state index < -0.39 is 0 Å². The van der Waals surface area contributed by atoms with Crippen molar-refractivity contribution < 1.29 is 16.9 Å². The maximum Gasteiger partial charge on any atom is 0.190 e. The molecule has 0 aromatic carbocycles. The molecule has 1 saturated heterocycles. The Morgan fingerprint density at radius 3 is 1.78 bits per heavy atom. The second-order valence-corrected chi connectivity index (χ2v) is 2.60. The van der Waals surface area contributed by atoms with Crippen LogP contribution >= 0.6 is 0 Å². The average Bonchev–Trinajstić information content (AvgIpc) is 2.43. The van der Waals surface area contributed by atoms with E-state index >= 15 is 0 Å². The lowest BCUT2D eigenvalue weighted by molar-refractivity contribution is -0.809. The Balaban J connectivity index is 0.000000640. The van der Waals surface area contributed by atoms with Crippen LogP contribution in [0.15, 0.2) is 0 Å². The van der Waals surface area contributed by atoms with Crippen LogP contribution in [0, 0.1) is 0 Å². The average molecular weight is 151 g/mol. The smallest absolute Gasteiger partial charge is 0.190 e. The van der Waals surface area contributed by atoms with Gasteiger partial charge in [0.2, 0.25) is 0 Å². The van der Waals surface area contributed by atoms with Crippen molar-refractivity contribution in [2.45, 2.75) is 20.0 Å². The minimum absolute atomic E-state index is 0. The molecular formula is C6H15ClN2. The summed E-state index contributed by atoms with van der Waals surface area (Å²) >= 11 is 0. The minimum atomic E-state index is 0. The molecule has 1 rings (SSSR count). The Bertz CT molecular complexity index is 85.5. The van der Waals surface area contributed by atoms with Crippen LogP contribution in [-0.2, 0) is 0 Å². The fourth-order valence-electron chi connectivity index (χ4n) is 1.28. The number of likely N-dealkylation sites (N-methyl/N-ethyl adjacent to an activating group) is 1. The molecule has 0 aromatic rings. The van der Waals surface area contributed by atoms with Gasteiger partial charge in [0.25, 0.3) is 0 Å². The highest BCUT2D eigenvalue weighted by Crippen LogP contribution is 2.24. The zero-order valence-corrected chi connectivity index (χ0v) is 6.86. The van der Waals surface area contributed by atoms with Crippen LogP contribution in [0.2, 0.25) is 0 Å². The zero-order chi connectivity index (χ0) is 6.20. The summed E-state index contributed by atoms with van der Waals surface area (Å²) in [5.41, 5.74) is 5.69. The molecule has 56 valence electrons. The van der Waals surface area contributed by atoms with Gasteiger partial charge in [0.1, 0.15) is 6.54 Å². The highest BCUT2D eigenvalue weighted by atomic mass is 35.5. The molecule has 0 spiro atoms. The van der Waals surface area contributed by atoms with E-state index in [1.165, 1.54) is 19.6 Å². The van der Waals surface area contributed by atoms with Crippen molar-refractivity contribution in [1.82, 2.24) is 0 Å². The normalized spacial score (nSPS) is 29.0. The van der Waals surface area contributed by atoms with E-state index in [1.54, 1.807) is 0 Å². The molecule has 1 aliphatic rings. The minimum Gasteiger partial charge on any atom is -1.00 e. The Kier molecular flexibility index (Phi) is 2.93. The summed E-state index contributed by atoms with van der Waals surface area (Å²) in [6.45, 7) is 8.02. The summed E-state index contributed by atoms with van der Waals surface area (Å²) in [7, 11) is 0. The Labute approximate surface area is 63.0 Å². The summed E-state index contributed by atoms with van der Waals surface area (Å²) in [6, 6.07) is 0. The van der Waals surface area contributed by atoms with Gasteiger partial charge in [0.15, 0.2) is 6.17 Å². The van der Waals surface area contributed by atoms with E-state index in [9.17, 15) is 0 Å². The quantitative estimate of drug-likeness (QED) is 0.333. The van der Waals surface area contributed by atoms with Gasteiger partial charge in [0.05, 0.1) is 13.1 Å². The van der Waals surface area contributed by atoms with Gasteiger partial charge in [-0.1, -0.05) is 0 Å². The van der Waals surface area contributed by atoms with Crippen LogP contribution in [0.3, 0.4) is 0 Å². The summed E-state index contributed by atoms with van der Waals surface area (Å²) in [5, 5.41) is 0. The molecule has 2 N–H and O–H groups in total. The first-order valence-corrected chi connectivity index (χ1v) is 3.36. The van der Waals surface area contributed by atoms with Crippen molar-refractivity contribution in [3.63, 3.8) is 0 Å². The third-order valence-electron chi connectivity index (χ3n) is 2.38.